The van der Waals surface area contributed by atoms with E-state index in [1.165, 1.54) is 4.57 Å². The third-order valence-corrected chi connectivity index (χ3v) is 4.95. The van der Waals surface area contributed by atoms with Crippen LogP contribution in [0.3, 0.4) is 0 Å². The topological polar surface area (TPSA) is 70.4 Å². The van der Waals surface area contributed by atoms with Crippen LogP contribution in [0.5, 0.6) is 0 Å². The van der Waals surface area contributed by atoms with Crippen LogP contribution >= 0.6 is 11.6 Å². The van der Waals surface area contributed by atoms with Gasteiger partial charge >= 0.3 is 11.7 Å². The van der Waals surface area contributed by atoms with Crippen LogP contribution in [0.1, 0.15) is 42.5 Å². The molecule has 7 heteroatoms. The molecule has 1 aromatic carbocycles. The second kappa shape index (κ2) is 7.21. The number of benzene rings is 1. The quantitative estimate of drug-likeness (QED) is 0.605. The molecule has 1 saturated heterocycles. The van der Waals surface area contributed by atoms with Gasteiger partial charge in [0.15, 0.2) is 12.3 Å². The molecule has 6 nitrogen and oxygen atoms in total. The zero-order chi connectivity index (χ0) is 18.9. The predicted molar refractivity (Wildman–Crippen MR) is 97.3 cm³/mol. The standard InChI is InChI=1S/C19H21ClN2O4/c1-4-14-15(26-16(23)13-8-6-5-7-9-13)19(3,20)17(25-14)22-11-10-12(2)21-18(22)24/h5-11,14-15,17H,4H2,1-3H3/t14-,15-,17-,19-/m1/s1. The Morgan fingerprint density at radius 1 is 1.35 bits per heavy atom. The number of carbonyl (C=O) groups excluding carboxylic acids is 1. The van der Waals surface area contributed by atoms with Crippen molar-refractivity contribution in [3.05, 3.63) is 64.3 Å². The highest BCUT2D eigenvalue weighted by atomic mass is 35.5. The normalized spacial score (nSPS) is 28.1. The SMILES string of the molecule is CC[C@H]1O[C@@H](n2ccc(C)nc2=O)[C@](C)(Cl)[C@@H]1OC(=O)c1ccccc1. The third-order valence-electron chi connectivity index (χ3n) is 4.55. The summed E-state index contributed by atoms with van der Waals surface area (Å²) in [4.78, 5) is 27.6. The highest BCUT2D eigenvalue weighted by molar-refractivity contribution is 6.24. The first-order chi connectivity index (χ1) is 12.3. The van der Waals surface area contributed by atoms with Crippen molar-refractivity contribution >= 4 is 17.6 Å². The first kappa shape index (κ1) is 18.6. The third kappa shape index (κ3) is 3.39. The maximum atomic E-state index is 12.5. The molecule has 2 heterocycles. The number of hydrogen-bond acceptors (Lipinski definition) is 5. The molecule has 1 aliphatic rings. The monoisotopic (exact) mass is 376 g/mol. The van der Waals surface area contributed by atoms with Crippen molar-refractivity contribution in [1.29, 1.82) is 0 Å². The van der Waals surface area contributed by atoms with E-state index in [0.717, 1.165) is 0 Å². The van der Waals surface area contributed by atoms with Crippen LogP contribution in [0.15, 0.2) is 47.4 Å². The molecule has 0 saturated carbocycles. The first-order valence-electron chi connectivity index (χ1n) is 8.50. The van der Waals surface area contributed by atoms with Gasteiger partial charge in [-0.3, -0.25) is 4.57 Å². The Balaban J connectivity index is 1.90. The van der Waals surface area contributed by atoms with Crippen molar-refractivity contribution in [2.45, 2.75) is 50.5 Å². The molecular formula is C19H21ClN2O4. The summed E-state index contributed by atoms with van der Waals surface area (Å²) in [5.74, 6) is -0.473. The minimum atomic E-state index is -1.12. The van der Waals surface area contributed by atoms with E-state index >= 15 is 0 Å². The molecule has 1 aromatic heterocycles. The van der Waals surface area contributed by atoms with Gasteiger partial charge in [0, 0.05) is 11.9 Å². The number of nitrogens with zero attached hydrogens (tertiary/aromatic N) is 2. The second-order valence-electron chi connectivity index (χ2n) is 6.54. The molecule has 0 bridgehead atoms. The first-order valence-corrected chi connectivity index (χ1v) is 8.88. The molecule has 0 radical (unpaired) electrons. The van der Waals surface area contributed by atoms with E-state index in [0.29, 0.717) is 17.7 Å². The van der Waals surface area contributed by atoms with Crippen molar-refractivity contribution in [1.82, 2.24) is 9.55 Å². The Morgan fingerprint density at radius 2 is 2.04 bits per heavy atom. The average molecular weight is 377 g/mol. The minimum Gasteiger partial charge on any atom is -0.454 e. The summed E-state index contributed by atoms with van der Waals surface area (Å²) in [6.45, 7) is 5.37. The fourth-order valence-corrected chi connectivity index (χ4v) is 3.49. The number of rotatable bonds is 4. The lowest BCUT2D eigenvalue weighted by Crippen LogP contribution is -2.44. The highest BCUT2D eigenvalue weighted by Crippen LogP contribution is 2.45. The molecular weight excluding hydrogens is 356 g/mol. The molecule has 2 aromatic rings. The molecule has 1 aliphatic heterocycles. The average Bonchev–Trinajstić information content (AvgIpc) is 2.86. The van der Waals surface area contributed by atoms with Crippen LogP contribution in [0.2, 0.25) is 0 Å². The van der Waals surface area contributed by atoms with Crippen LogP contribution in [-0.4, -0.2) is 32.6 Å². The van der Waals surface area contributed by atoms with Gasteiger partial charge in [-0.05, 0) is 38.5 Å². The zero-order valence-electron chi connectivity index (χ0n) is 14.9. The lowest BCUT2D eigenvalue weighted by molar-refractivity contribution is -0.0314. The fourth-order valence-electron chi connectivity index (χ4n) is 3.15. The van der Waals surface area contributed by atoms with Crippen molar-refractivity contribution in [2.75, 3.05) is 0 Å². The van der Waals surface area contributed by atoms with Gasteiger partial charge in [-0.15, -0.1) is 11.6 Å². The number of alkyl halides is 1. The molecule has 4 atom stereocenters. The van der Waals surface area contributed by atoms with Crippen molar-refractivity contribution in [3.63, 3.8) is 0 Å². The summed E-state index contributed by atoms with van der Waals surface area (Å²) < 4.78 is 13.0. The molecule has 1 fully saturated rings. The Kier molecular flexibility index (Phi) is 5.16. The largest absolute Gasteiger partial charge is 0.454 e. The summed E-state index contributed by atoms with van der Waals surface area (Å²) in [5.41, 5.74) is 0.596. The molecule has 0 spiro atoms. The molecule has 0 N–H and O–H groups in total. The van der Waals surface area contributed by atoms with Gasteiger partial charge in [0.1, 0.15) is 4.87 Å². The lowest BCUT2D eigenvalue weighted by Gasteiger charge is -2.29. The Bertz CT molecular complexity index is 850. The van der Waals surface area contributed by atoms with Gasteiger partial charge in [0.2, 0.25) is 0 Å². The summed E-state index contributed by atoms with van der Waals surface area (Å²) in [6, 6.07) is 10.4. The molecule has 0 amide bonds. The molecule has 3 rings (SSSR count). The molecule has 0 aliphatic carbocycles. The maximum Gasteiger partial charge on any atom is 0.349 e. The van der Waals surface area contributed by atoms with E-state index in [1.54, 1.807) is 50.4 Å². The number of esters is 1. The minimum absolute atomic E-state index is 0.427. The number of aromatic nitrogens is 2. The Labute approximate surface area is 156 Å². The molecule has 0 unspecified atom stereocenters. The number of ether oxygens (including phenoxy) is 2. The van der Waals surface area contributed by atoms with Crippen molar-refractivity contribution in [2.24, 2.45) is 0 Å². The Hall–Kier alpha value is -2.18. The van der Waals surface area contributed by atoms with Gasteiger partial charge in [0.25, 0.3) is 0 Å². The van der Waals surface area contributed by atoms with E-state index in [-0.39, 0.29) is 0 Å². The van der Waals surface area contributed by atoms with Gasteiger partial charge in [0.05, 0.1) is 11.7 Å². The molecule has 26 heavy (non-hydrogen) atoms. The van der Waals surface area contributed by atoms with Crippen molar-refractivity contribution in [3.8, 4) is 0 Å². The zero-order valence-corrected chi connectivity index (χ0v) is 15.6. The maximum absolute atomic E-state index is 12.5. The van der Waals surface area contributed by atoms with E-state index in [2.05, 4.69) is 4.98 Å². The van der Waals surface area contributed by atoms with Crippen LogP contribution in [-0.2, 0) is 9.47 Å². The fraction of sp³-hybridized carbons (Fsp3) is 0.421. The Morgan fingerprint density at radius 3 is 2.65 bits per heavy atom. The van der Waals surface area contributed by atoms with E-state index in [9.17, 15) is 9.59 Å². The van der Waals surface area contributed by atoms with E-state index in [4.69, 9.17) is 21.1 Å². The van der Waals surface area contributed by atoms with Gasteiger partial charge < -0.3 is 9.47 Å². The van der Waals surface area contributed by atoms with Crippen LogP contribution in [0, 0.1) is 6.92 Å². The van der Waals surface area contributed by atoms with E-state index in [1.807, 2.05) is 13.0 Å². The summed E-state index contributed by atoms with van der Waals surface area (Å²) in [7, 11) is 0. The summed E-state index contributed by atoms with van der Waals surface area (Å²) >= 11 is 6.76. The molecule has 138 valence electrons. The van der Waals surface area contributed by atoms with Crippen molar-refractivity contribution < 1.29 is 14.3 Å². The lowest BCUT2D eigenvalue weighted by atomic mass is 9.99. The number of halogens is 1. The number of aryl methyl sites for hydroxylation is 1. The van der Waals surface area contributed by atoms with Gasteiger partial charge in [-0.1, -0.05) is 25.1 Å². The predicted octanol–water partition coefficient (Wildman–Crippen LogP) is 3.08. The highest BCUT2D eigenvalue weighted by Gasteiger charge is 2.55. The van der Waals surface area contributed by atoms with Crippen LogP contribution < -0.4 is 5.69 Å². The number of hydrogen-bond donors (Lipinski definition) is 0. The smallest absolute Gasteiger partial charge is 0.349 e. The van der Waals surface area contributed by atoms with Crippen LogP contribution in [0.25, 0.3) is 0 Å². The van der Waals surface area contributed by atoms with Gasteiger partial charge in [-0.25, -0.2) is 9.59 Å². The van der Waals surface area contributed by atoms with E-state index < -0.39 is 35.0 Å². The number of carbonyl (C=O) groups is 1. The summed E-state index contributed by atoms with van der Waals surface area (Å²) in [5, 5.41) is 0. The van der Waals surface area contributed by atoms with Crippen LogP contribution in [0.4, 0.5) is 0 Å². The van der Waals surface area contributed by atoms with Gasteiger partial charge in [-0.2, -0.15) is 4.98 Å². The second-order valence-corrected chi connectivity index (χ2v) is 7.35. The summed E-state index contributed by atoms with van der Waals surface area (Å²) in [6.07, 6.45) is 0.260.